The molecule has 28 heavy (non-hydrogen) atoms. The second-order valence-corrected chi connectivity index (χ2v) is 7.84. The van der Waals surface area contributed by atoms with Gasteiger partial charge in [-0.3, -0.25) is 9.89 Å². The van der Waals surface area contributed by atoms with E-state index in [-0.39, 0.29) is 6.04 Å². The van der Waals surface area contributed by atoms with E-state index >= 15 is 0 Å². The number of benzene rings is 1. The van der Waals surface area contributed by atoms with Gasteiger partial charge in [0.2, 0.25) is 0 Å². The van der Waals surface area contributed by atoms with E-state index in [1.54, 1.807) is 7.11 Å². The van der Waals surface area contributed by atoms with Crippen LogP contribution in [-0.2, 0) is 4.74 Å². The third kappa shape index (κ3) is 5.61. The molecule has 0 bridgehead atoms. The molecule has 0 radical (unpaired) electrons. The molecule has 156 valence electrons. The second kappa shape index (κ2) is 10.7. The van der Waals surface area contributed by atoms with Crippen molar-refractivity contribution in [1.82, 2.24) is 15.1 Å². The van der Waals surface area contributed by atoms with Crippen LogP contribution in [0.5, 0.6) is 5.75 Å². The van der Waals surface area contributed by atoms with Crippen LogP contribution in [0.25, 0.3) is 0 Å². The Bertz CT molecular complexity index is 625. The van der Waals surface area contributed by atoms with Crippen LogP contribution in [0, 0.1) is 5.92 Å². The van der Waals surface area contributed by atoms with Gasteiger partial charge in [-0.1, -0.05) is 12.1 Å². The normalized spacial score (nSPS) is 21.7. The zero-order chi connectivity index (χ0) is 19.8. The van der Waals surface area contributed by atoms with E-state index in [1.807, 2.05) is 6.07 Å². The molecule has 6 heteroatoms. The predicted octanol–water partition coefficient (Wildman–Crippen LogP) is 2.77. The van der Waals surface area contributed by atoms with Crippen molar-refractivity contribution < 1.29 is 9.47 Å². The minimum atomic E-state index is 0.287. The fourth-order valence-corrected chi connectivity index (χ4v) is 4.18. The number of ether oxygens (including phenoxy) is 2. The summed E-state index contributed by atoms with van der Waals surface area (Å²) >= 11 is 0. The summed E-state index contributed by atoms with van der Waals surface area (Å²) in [4.78, 5) is 9.86. The van der Waals surface area contributed by atoms with Crippen LogP contribution in [0.15, 0.2) is 29.3 Å². The van der Waals surface area contributed by atoms with Gasteiger partial charge in [0.1, 0.15) is 5.75 Å². The van der Waals surface area contributed by atoms with Crippen molar-refractivity contribution in [2.24, 2.45) is 10.9 Å². The van der Waals surface area contributed by atoms with Crippen LogP contribution in [0.1, 0.15) is 37.8 Å². The molecule has 2 heterocycles. The summed E-state index contributed by atoms with van der Waals surface area (Å²) in [7, 11) is 3.86. The highest BCUT2D eigenvalue weighted by Gasteiger charge is 2.24. The largest absolute Gasteiger partial charge is 0.497 e. The van der Waals surface area contributed by atoms with Gasteiger partial charge in [-0.2, -0.15) is 0 Å². The van der Waals surface area contributed by atoms with E-state index in [0.29, 0.717) is 5.92 Å². The summed E-state index contributed by atoms with van der Waals surface area (Å²) < 4.78 is 11.0. The second-order valence-electron chi connectivity index (χ2n) is 7.84. The van der Waals surface area contributed by atoms with Crippen molar-refractivity contribution in [1.29, 1.82) is 0 Å². The van der Waals surface area contributed by atoms with Crippen LogP contribution in [-0.4, -0.2) is 75.9 Å². The Morgan fingerprint density at radius 1 is 1.39 bits per heavy atom. The summed E-state index contributed by atoms with van der Waals surface area (Å²) in [6.45, 7) is 8.77. The molecule has 2 aliphatic rings. The van der Waals surface area contributed by atoms with E-state index in [9.17, 15) is 0 Å². The summed E-state index contributed by atoms with van der Waals surface area (Å²) in [6.07, 6.45) is 3.68. The van der Waals surface area contributed by atoms with Crippen LogP contribution in [0.4, 0.5) is 0 Å². The van der Waals surface area contributed by atoms with E-state index in [1.165, 1.54) is 18.4 Å². The van der Waals surface area contributed by atoms with Crippen molar-refractivity contribution in [2.45, 2.75) is 32.2 Å². The zero-order valence-electron chi connectivity index (χ0n) is 17.7. The van der Waals surface area contributed by atoms with E-state index < -0.39 is 0 Å². The Kier molecular flexibility index (Phi) is 7.98. The third-order valence-electron chi connectivity index (χ3n) is 5.73. The quantitative estimate of drug-likeness (QED) is 0.548. The molecular weight excluding hydrogens is 352 g/mol. The Hall–Kier alpha value is -1.79. The Labute approximate surface area is 169 Å². The predicted molar refractivity (Wildman–Crippen MR) is 114 cm³/mol. The number of nitrogens with one attached hydrogen (secondary N) is 1. The molecular formula is C22H36N4O2. The molecule has 1 N–H and O–H groups in total. The minimum Gasteiger partial charge on any atom is -0.497 e. The van der Waals surface area contributed by atoms with Crippen molar-refractivity contribution in [3.63, 3.8) is 0 Å². The SMILES string of the molecule is CCNC(=NCC(c1cccc(OC)c1)N1CCCC1)N(C)CC1CCOC1. The number of rotatable bonds is 8. The lowest BCUT2D eigenvalue weighted by atomic mass is 10.1. The van der Waals surface area contributed by atoms with Crippen LogP contribution >= 0.6 is 0 Å². The number of likely N-dealkylation sites (tertiary alicyclic amines) is 1. The molecule has 0 amide bonds. The van der Waals surface area contributed by atoms with Crippen LogP contribution < -0.4 is 10.1 Å². The number of methoxy groups -OCH3 is 1. The number of hydrogen-bond acceptors (Lipinski definition) is 4. The third-order valence-corrected chi connectivity index (χ3v) is 5.73. The fraction of sp³-hybridized carbons (Fsp3) is 0.682. The molecule has 6 nitrogen and oxygen atoms in total. The number of nitrogens with zero attached hydrogens (tertiary/aromatic N) is 3. The Morgan fingerprint density at radius 3 is 2.89 bits per heavy atom. The maximum absolute atomic E-state index is 5.54. The lowest BCUT2D eigenvalue weighted by Crippen LogP contribution is -2.42. The highest BCUT2D eigenvalue weighted by molar-refractivity contribution is 5.79. The molecule has 0 aromatic heterocycles. The number of aliphatic imine (C=N–C) groups is 1. The minimum absolute atomic E-state index is 0.287. The highest BCUT2D eigenvalue weighted by Crippen LogP contribution is 2.28. The van der Waals surface area contributed by atoms with Crippen LogP contribution in [0.3, 0.4) is 0 Å². The molecule has 0 spiro atoms. The van der Waals surface area contributed by atoms with E-state index in [0.717, 1.165) is 64.1 Å². The lowest BCUT2D eigenvalue weighted by molar-refractivity contribution is 0.181. The van der Waals surface area contributed by atoms with Gasteiger partial charge in [-0.25, -0.2) is 0 Å². The summed E-state index contributed by atoms with van der Waals surface area (Å²) in [5.41, 5.74) is 1.28. The van der Waals surface area contributed by atoms with Gasteiger partial charge in [0, 0.05) is 32.7 Å². The summed E-state index contributed by atoms with van der Waals surface area (Å²) in [5, 5.41) is 3.47. The fourth-order valence-electron chi connectivity index (χ4n) is 4.18. The van der Waals surface area contributed by atoms with E-state index in [4.69, 9.17) is 14.5 Å². The number of guanidine groups is 1. The maximum atomic E-state index is 5.54. The van der Waals surface area contributed by atoms with Gasteiger partial charge >= 0.3 is 0 Å². The monoisotopic (exact) mass is 388 g/mol. The molecule has 3 rings (SSSR count). The van der Waals surface area contributed by atoms with Crippen LogP contribution in [0.2, 0.25) is 0 Å². The highest BCUT2D eigenvalue weighted by atomic mass is 16.5. The van der Waals surface area contributed by atoms with E-state index in [2.05, 4.69) is 47.3 Å². The molecule has 2 fully saturated rings. The lowest BCUT2D eigenvalue weighted by Gasteiger charge is -2.29. The van der Waals surface area contributed by atoms with Gasteiger partial charge in [0.25, 0.3) is 0 Å². The first-order chi connectivity index (χ1) is 13.7. The van der Waals surface area contributed by atoms with Gasteiger partial charge in [-0.05, 0) is 57.0 Å². The molecule has 0 saturated carbocycles. The van der Waals surface area contributed by atoms with Gasteiger partial charge in [0.15, 0.2) is 5.96 Å². The molecule has 2 aliphatic heterocycles. The molecule has 2 saturated heterocycles. The average Bonchev–Trinajstić information content (AvgIpc) is 3.42. The summed E-state index contributed by atoms with van der Waals surface area (Å²) in [5.74, 6) is 2.50. The van der Waals surface area contributed by atoms with Gasteiger partial charge in [0.05, 0.1) is 26.3 Å². The molecule has 1 aromatic rings. The van der Waals surface area contributed by atoms with Gasteiger partial charge < -0.3 is 19.7 Å². The molecule has 1 aromatic carbocycles. The van der Waals surface area contributed by atoms with Crippen molar-refractivity contribution in [2.75, 3.05) is 60.1 Å². The first-order valence-corrected chi connectivity index (χ1v) is 10.7. The first kappa shape index (κ1) is 20.9. The van der Waals surface area contributed by atoms with Gasteiger partial charge in [-0.15, -0.1) is 0 Å². The smallest absolute Gasteiger partial charge is 0.193 e. The van der Waals surface area contributed by atoms with Crippen molar-refractivity contribution in [3.05, 3.63) is 29.8 Å². The molecule has 0 aliphatic carbocycles. The first-order valence-electron chi connectivity index (χ1n) is 10.7. The van der Waals surface area contributed by atoms with Crippen molar-refractivity contribution in [3.8, 4) is 5.75 Å². The maximum Gasteiger partial charge on any atom is 0.193 e. The zero-order valence-corrected chi connectivity index (χ0v) is 17.7. The Morgan fingerprint density at radius 2 is 2.21 bits per heavy atom. The van der Waals surface area contributed by atoms with Crippen molar-refractivity contribution >= 4 is 5.96 Å². The standard InChI is InChI=1S/C22H36N4O2/c1-4-23-22(25(2)16-18-10-13-28-17-18)24-15-21(26-11-5-6-12-26)19-8-7-9-20(14-19)27-3/h7-9,14,18,21H,4-6,10-13,15-17H2,1-3H3,(H,23,24). The number of hydrogen-bond donors (Lipinski definition) is 1. The molecule has 2 atom stereocenters. The Balaban J connectivity index is 1.74. The molecule has 2 unspecified atom stereocenters. The average molecular weight is 389 g/mol. The topological polar surface area (TPSA) is 49.3 Å². The summed E-state index contributed by atoms with van der Waals surface area (Å²) in [6, 6.07) is 8.74.